The highest BCUT2D eigenvalue weighted by molar-refractivity contribution is 6.31. The standard InChI is InChI=1S/C20H24Cl2O.CH5N/c1-4-12-20(5-2,18-8-6-7-9-19(18)22)23-14-16-13-17(21)11-10-15(16)3;1-2/h6-11,13H,4-5,12,14H2,1-3H3;2H2,1H3. The summed E-state index contributed by atoms with van der Waals surface area (Å²) in [6.45, 7) is 6.95. The monoisotopic (exact) mass is 381 g/mol. The van der Waals surface area contributed by atoms with Gasteiger partial charge in [0.25, 0.3) is 0 Å². The quantitative estimate of drug-likeness (QED) is 0.593. The van der Waals surface area contributed by atoms with Crippen LogP contribution in [0.4, 0.5) is 0 Å². The Morgan fingerprint density at radius 2 is 1.72 bits per heavy atom. The van der Waals surface area contributed by atoms with Crippen molar-refractivity contribution in [2.24, 2.45) is 5.73 Å². The molecule has 0 aliphatic carbocycles. The Bertz CT molecular complexity index is 660. The summed E-state index contributed by atoms with van der Waals surface area (Å²) in [6, 6.07) is 13.9. The first kappa shape index (κ1) is 22.0. The van der Waals surface area contributed by atoms with E-state index in [1.807, 2.05) is 36.4 Å². The molecule has 2 nitrogen and oxygen atoms in total. The number of halogens is 2. The highest BCUT2D eigenvalue weighted by Crippen LogP contribution is 2.39. The van der Waals surface area contributed by atoms with Gasteiger partial charge in [-0.15, -0.1) is 0 Å². The predicted octanol–water partition coefficient (Wildman–Crippen LogP) is 6.50. The molecule has 0 spiro atoms. The van der Waals surface area contributed by atoms with Crippen LogP contribution in [0.3, 0.4) is 0 Å². The van der Waals surface area contributed by atoms with E-state index in [1.54, 1.807) is 0 Å². The van der Waals surface area contributed by atoms with Crippen LogP contribution in [0.15, 0.2) is 42.5 Å². The van der Waals surface area contributed by atoms with Crippen molar-refractivity contribution in [3.05, 3.63) is 69.2 Å². The van der Waals surface area contributed by atoms with Gasteiger partial charge in [0, 0.05) is 15.6 Å². The maximum absolute atomic E-state index is 6.47. The molecule has 2 rings (SSSR count). The zero-order valence-electron chi connectivity index (χ0n) is 15.6. The average molecular weight is 382 g/mol. The molecule has 0 aliphatic heterocycles. The first-order valence-corrected chi connectivity index (χ1v) is 9.49. The van der Waals surface area contributed by atoms with Crippen molar-refractivity contribution in [2.45, 2.75) is 52.2 Å². The summed E-state index contributed by atoms with van der Waals surface area (Å²) in [5.74, 6) is 0. The molecule has 0 fully saturated rings. The minimum absolute atomic E-state index is 0.359. The zero-order chi connectivity index (χ0) is 18.9. The van der Waals surface area contributed by atoms with Crippen LogP contribution in [0.2, 0.25) is 10.0 Å². The number of rotatable bonds is 7. The number of nitrogens with two attached hydrogens (primary N) is 1. The summed E-state index contributed by atoms with van der Waals surface area (Å²) >= 11 is 12.6. The summed E-state index contributed by atoms with van der Waals surface area (Å²) in [4.78, 5) is 0. The van der Waals surface area contributed by atoms with E-state index < -0.39 is 0 Å². The molecule has 0 aliphatic rings. The van der Waals surface area contributed by atoms with Crippen LogP contribution in [0.25, 0.3) is 0 Å². The van der Waals surface area contributed by atoms with Crippen LogP contribution < -0.4 is 5.73 Å². The van der Waals surface area contributed by atoms with Crippen LogP contribution in [-0.4, -0.2) is 7.05 Å². The maximum atomic E-state index is 6.47. The molecule has 4 heteroatoms. The number of hydrogen-bond acceptors (Lipinski definition) is 2. The highest BCUT2D eigenvalue weighted by Gasteiger charge is 2.32. The van der Waals surface area contributed by atoms with Gasteiger partial charge in [0.1, 0.15) is 0 Å². The fraction of sp³-hybridized carbons (Fsp3) is 0.429. The van der Waals surface area contributed by atoms with Crippen LogP contribution in [0, 0.1) is 6.92 Å². The van der Waals surface area contributed by atoms with Crippen molar-refractivity contribution in [3.8, 4) is 0 Å². The van der Waals surface area contributed by atoms with Crippen molar-refractivity contribution >= 4 is 23.2 Å². The topological polar surface area (TPSA) is 35.2 Å². The van der Waals surface area contributed by atoms with E-state index in [4.69, 9.17) is 27.9 Å². The molecular formula is C21H29Cl2NO. The van der Waals surface area contributed by atoms with E-state index in [-0.39, 0.29) is 5.60 Å². The van der Waals surface area contributed by atoms with Gasteiger partial charge < -0.3 is 10.5 Å². The third kappa shape index (κ3) is 5.72. The van der Waals surface area contributed by atoms with E-state index in [2.05, 4.69) is 32.6 Å². The van der Waals surface area contributed by atoms with Gasteiger partial charge in [-0.1, -0.05) is 67.7 Å². The molecule has 0 amide bonds. The zero-order valence-corrected chi connectivity index (χ0v) is 17.1. The van der Waals surface area contributed by atoms with Crippen LogP contribution in [-0.2, 0) is 16.9 Å². The summed E-state index contributed by atoms with van der Waals surface area (Å²) < 4.78 is 6.47. The van der Waals surface area contributed by atoms with Gasteiger partial charge in [-0.05, 0) is 56.1 Å². The number of hydrogen-bond donors (Lipinski definition) is 1. The molecule has 0 aromatic heterocycles. The van der Waals surface area contributed by atoms with Crippen molar-refractivity contribution < 1.29 is 4.74 Å². The Morgan fingerprint density at radius 1 is 1.04 bits per heavy atom. The summed E-state index contributed by atoms with van der Waals surface area (Å²) in [5.41, 5.74) is 7.53. The van der Waals surface area contributed by atoms with E-state index in [1.165, 1.54) is 12.6 Å². The molecule has 2 aromatic rings. The molecule has 2 aromatic carbocycles. The third-order valence-electron chi connectivity index (χ3n) is 4.40. The lowest BCUT2D eigenvalue weighted by Crippen LogP contribution is -2.29. The van der Waals surface area contributed by atoms with Crippen molar-refractivity contribution in [2.75, 3.05) is 7.05 Å². The summed E-state index contributed by atoms with van der Waals surface area (Å²) in [5, 5.41) is 1.51. The largest absolute Gasteiger partial charge is 0.366 e. The molecule has 2 N–H and O–H groups in total. The van der Waals surface area contributed by atoms with E-state index in [0.717, 1.165) is 40.4 Å². The molecule has 1 atom stereocenters. The molecule has 0 saturated heterocycles. The Morgan fingerprint density at radius 3 is 2.32 bits per heavy atom. The Balaban J connectivity index is 0.00000151. The lowest BCUT2D eigenvalue weighted by Gasteiger charge is -2.34. The lowest BCUT2D eigenvalue weighted by atomic mass is 9.86. The molecule has 25 heavy (non-hydrogen) atoms. The molecule has 0 heterocycles. The second-order valence-corrected chi connectivity index (χ2v) is 6.78. The number of benzene rings is 2. The molecule has 1 unspecified atom stereocenters. The fourth-order valence-electron chi connectivity index (χ4n) is 3.00. The average Bonchev–Trinajstić information content (AvgIpc) is 2.63. The fourth-order valence-corrected chi connectivity index (χ4v) is 3.50. The van der Waals surface area contributed by atoms with E-state index in [9.17, 15) is 0 Å². The van der Waals surface area contributed by atoms with Gasteiger partial charge in [-0.3, -0.25) is 0 Å². The third-order valence-corrected chi connectivity index (χ3v) is 4.97. The first-order valence-electron chi connectivity index (χ1n) is 8.74. The number of aryl methyl sites for hydroxylation is 1. The molecular weight excluding hydrogens is 353 g/mol. The Kier molecular flexibility index (Phi) is 9.52. The van der Waals surface area contributed by atoms with Crippen LogP contribution in [0.1, 0.15) is 49.8 Å². The Hall–Kier alpha value is -1.06. The summed E-state index contributed by atoms with van der Waals surface area (Å²) in [7, 11) is 1.50. The van der Waals surface area contributed by atoms with E-state index >= 15 is 0 Å². The second-order valence-electron chi connectivity index (χ2n) is 5.94. The van der Waals surface area contributed by atoms with Crippen LogP contribution >= 0.6 is 23.2 Å². The smallest absolute Gasteiger partial charge is 0.0947 e. The number of ether oxygens (including phenoxy) is 1. The normalized spacial score (nSPS) is 12.9. The molecule has 138 valence electrons. The van der Waals surface area contributed by atoms with Gasteiger partial charge in [-0.2, -0.15) is 0 Å². The summed E-state index contributed by atoms with van der Waals surface area (Å²) in [6.07, 6.45) is 2.85. The van der Waals surface area contributed by atoms with Gasteiger partial charge >= 0.3 is 0 Å². The second kappa shape index (κ2) is 10.8. The highest BCUT2D eigenvalue weighted by atomic mass is 35.5. The first-order chi connectivity index (χ1) is 12.0. The van der Waals surface area contributed by atoms with Gasteiger partial charge in [-0.25, -0.2) is 0 Å². The maximum Gasteiger partial charge on any atom is 0.0947 e. The predicted molar refractivity (Wildman–Crippen MR) is 109 cm³/mol. The van der Waals surface area contributed by atoms with Crippen molar-refractivity contribution in [1.29, 1.82) is 0 Å². The van der Waals surface area contributed by atoms with Crippen molar-refractivity contribution in [3.63, 3.8) is 0 Å². The minimum atomic E-state index is -0.359. The molecule has 0 bridgehead atoms. The van der Waals surface area contributed by atoms with Gasteiger partial charge in [0.2, 0.25) is 0 Å². The SMILES string of the molecule is CCCC(CC)(OCc1cc(Cl)ccc1C)c1ccccc1Cl.CN. The Labute approximate surface area is 162 Å². The van der Waals surface area contributed by atoms with E-state index in [0.29, 0.717) is 6.61 Å². The minimum Gasteiger partial charge on any atom is -0.366 e. The molecule has 0 saturated carbocycles. The van der Waals surface area contributed by atoms with Crippen molar-refractivity contribution in [1.82, 2.24) is 0 Å². The van der Waals surface area contributed by atoms with Gasteiger partial charge in [0.05, 0.1) is 12.2 Å². The van der Waals surface area contributed by atoms with Crippen LogP contribution in [0.5, 0.6) is 0 Å². The molecule has 0 radical (unpaired) electrons. The van der Waals surface area contributed by atoms with Gasteiger partial charge in [0.15, 0.2) is 0 Å². The lowest BCUT2D eigenvalue weighted by molar-refractivity contribution is -0.0718.